The third kappa shape index (κ3) is 3.51. The van der Waals surface area contributed by atoms with E-state index in [0.29, 0.717) is 6.61 Å². The normalized spacial score (nSPS) is 11.5. The van der Waals surface area contributed by atoms with Crippen LogP contribution in [0.15, 0.2) is 36.1 Å². The lowest BCUT2D eigenvalue weighted by Gasteiger charge is -2.05. The van der Waals surface area contributed by atoms with Crippen LogP contribution >= 0.6 is 11.6 Å². The minimum absolute atomic E-state index is 0.605. The topological polar surface area (TPSA) is 9.23 Å². The fourth-order valence-corrected chi connectivity index (χ4v) is 0.987. The van der Waals surface area contributed by atoms with Crippen LogP contribution in [-0.4, -0.2) is 0 Å². The monoisotopic (exact) mass is 196 g/mol. The summed E-state index contributed by atoms with van der Waals surface area (Å²) in [5.74, 6) is 0.940. The Labute approximate surface area is 84.0 Å². The molecule has 0 saturated heterocycles. The first kappa shape index (κ1) is 10.1. The third-order valence-electron chi connectivity index (χ3n) is 1.79. The molecule has 0 aliphatic rings. The van der Waals surface area contributed by atoms with Gasteiger partial charge in [-0.15, -0.1) is 0 Å². The lowest BCUT2D eigenvalue weighted by atomic mass is 10.2. The van der Waals surface area contributed by atoms with Gasteiger partial charge in [-0.05, 0) is 37.6 Å². The number of halogens is 1. The zero-order chi connectivity index (χ0) is 9.68. The van der Waals surface area contributed by atoms with E-state index in [1.807, 2.05) is 44.2 Å². The summed E-state index contributed by atoms with van der Waals surface area (Å²) < 4.78 is 5.44. The van der Waals surface area contributed by atoms with Gasteiger partial charge in [0, 0.05) is 5.02 Å². The highest BCUT2D eigenvalue weighted by Gasteiger charge is 1.93. The van der Waals surface area contributed by atoms with Crippen LogP contribution in [0.25, 0.3) is 0 Å². The Balaban J connectivity index is 2.51. The molecule has 0 aliphatic carbocycles. The van der Waals surface area contributed by atoms with Crippen molar-refractivity contribution in [3.05, 3.63) is 46.7 Å². The quantitative estimate of drug-likeness (QED) is 0.669. The lowest BCUT2D eigenvalue weighted by Crippen LogP contribution is -1.89. The average Bonchev–Trinajstić information content (AvgIpc) is 2.16. The number of allylic oxidation sites excluding steroid dienone is 2. The Morgan fingerprint density at radius 1 is 1.38 bits per heavy atom. The largest absolute Gasteiger partial charge is 0.494 e. The van der Waals surface area contributed by atoms with Gasteiger partial charge in [0.25, 0.3) is 0 Å². The molecule has 0 radical (unpaired) electrons. The fourth-order valence-electron chi connectivity index (χ4n) is 0.861. The average molecular weight is 197 g/mol. The second kappa shape index (κ2) is 4.93. The summed E-state index contributed by atoms with van der Waals surface area (Å²) in [5, 5.41) is 0.756. The molecule has 1 rings (SSSR count). The molecule has 0 N–H and O–H groups in total. The second-order valence-corrected chi connectivity index (χ2v) is 3.25. The van der Waals surface area contributed by atoms with Gasteiger partial charge in [-0.3, -0.25) is 0 Å². The standard InChI is InChI=1S/C11H13ClO/c1-3-9(2)13-8-10-4-6-11(12)7-5-10/h3-7H,8H2,1-2H3. The maximum Gasteiger partial charge on any atom is 0.113 e. The first-order valence-corrected chi connectivity index (χ1v) is 4.60. The van der Waals surface area contributed by atoms with E-state index in [4.69, 9.17) is 16.3 Å². The van der Waals surface area contributed by atoms with Crippen molar-refractivity contribution >= 4 is 11.6 Å². The van der Waals surface area contributed by atoms with Gasteiger partial charge in [0.2, 0.25) is 0 Å². The van der Waals surface area contributed by atoms with Crippen molar-refractivity contribution in [2.75, 3.05) is 0 Å². The Morgan fingerprint density at radius 2 is 2.00 bits per heavy atom. The molecule has 13 heavy (non-hydrogen) atoms. The predicted octanol–water partition coefficient (Wildman–Crippen LogP) is 3.78. The van der Waals surface area contributed by atoms with Gasteiger partial charge < -0.3 is 4.74 Å². The number of hydrogen-bond donors (Lipinski definition) is 0. The Morgan fingerprint density at radius 3 is 2.54 bits per heavy atom. The van der Waals surface area contributed by atoms with Crippen molar-refractivity contribution in [2.45, 2.75) is 20.5 Å². The van der Waals surface area contributed by atoms with Crippen LogP contribution < -0.4 is 0 Å². The van der Waals surface area contributed by atoms with Gasteiger partial charge in [-0.1, -0.05) is 23.7 Å². The van der Waals surface area contributed by atoms with E-state index in [1.54, 1.807) is 0 Å². The molecule has 2 heteroatoms. The van der Waals surface area contributed by atoms with Crippen LogP contribution in [0.1, 0.15) is 19.4 Å². The highest BCUT2D eigenvalue weighted by atomic mass is 35.5. The minimum atomic E-state index is 0.605. The van der Waals surface area contributed by atoms with E-state index in [9.17, 15) is 0 Å². The van der Waals surface area contributed by atoms with Crippen molar-refractivity contribution in [1.82, 2.24) is 0 Å². The predicted molar refractivity (Wildman–Crippen MR) is 55.7 cm³/mol. The fraction of sp³-hybridized carbons (Fsp3) is 0.273. The summed E-state index contributed by atoms with van der Waals surface area (Å²) in [6.45, 7) is 4.50. The van der Waals surface area contributed by atoms with E-state index in [-0.39, 0.29) is 0 Å². The molecule has 1 aromatic carbocycles. The van der Waals surface area contributed by atoms with Gasteiger partial charge >= 0.3 is 0 Å². The molecule has 0 atom stereocenters. The third-order valence-corrected chi connectivity index (χ3v) is 2.04. The molecule has 1 aromatic rings. The van der Waals surface area contributed by atoms with E-state index in [1.165, 1.54) is 0 Å². The molecule has 0 aliphatic heterocycles. The van der Waals surface area contributed by atoms with E-state index < -0.39 is 0 Å². The molecule has 0 bridgehead atoms. The minimum Gasteiger partial charge on any atom is -0.494 e. The summed E-state index contributed by atoms with van der Waals surface area (Å²) in [7, 11) is 0. The molecule has 0 spiro atoms. The number of ether oxygens (including phenoxy) is 1. The number of rotatable bonds is 3. The van der Waals surface area contributed by atoms with E-state index in [0.717, 1.165) is 16.3 Å². The summed E-state index contributed by atoms with van der Waals surface area (Å²) in [5.41, 5.74) is 1.13. The maximum atomic E-state index is 5.75. The Hall–Kier alpha value is -0.950. The summed E-state index contributed by atoms with van der Waals surface area (Å²) in [4.78, 5) is 0. The van der Waals surface area contributed by atoms with Gasteiger partial charge in [0.15, 0.2) is 0 Å². The molecule has 0 aromatic heterocycles. The van der Waals surface area contributed by atoms with Crippen molar-refractivity contribution in [1.29, 1.82) is 0 Å². The lowest BCUT2D eigenvalue weighted by molar-refractivity contribution is 0.200. The van der Waals surface area contributed by atoms with E-state index >= 15 is 0 Å². The van der Waals surface area contributed by atoms with Gasteiger partial charge in [0.05, 0.1) is 5.76 Å². The van der Waals surface area contributed by atoms with Crippen LogP contribution in [0.2, 0.25) is 5.02 Å². The highest BCUT2D eigenvalue weighted by Crippen LogP contribution is 2.11. The van der Waals surface area contributed by atoms with Crippen LogP contribution in [0, 0.1) is 0 Å². The molecule has 70 valence electrons. The van der Waals surface area contributed by atoms with Gasteiger partial charge in [-0.2, -0.15) is 0 Å². The molecule has 0 heterocycles. The number of benzene rings is 1. The SMILES string of the molecule is CC=C(C)OCc1ccc(Cl)cc1. The zero-order valence-electron chi connectivity index (χ0n) is 7.88. The molecule has 0 saturated carbocycles. The zero-order valence-corrected chi connectivity index (χ0v) is 8.64. The van der Waals surface area contributed by atoms with Crippen LogP contribution in [-0.2, 0) is 11.3 Å². The first-order chi connectivity index (χ1) is 6.22. The van der Waals surface area contributed by atoms with Gasteiger partial charge in [0.1, 0.15) is 6.61 Å². The Kier molecular flexibility index (Phi) is 3.84. The Bertz CT molecular complexity index is 287. The maximum absolute atomic E-state index is 5.75. The number of hydrogen-bond acceptors (Lipinski definition) is 1. The van der Waals surface area contributed by atoms with Crippen LogP contribution in [0.3, 0.4) is 0 Å². The summed E-state index contributed by atoms with van der Waals surface area (Å²) >= 11 is 5.75. The first-order valence-electron chi connectivity index (χ1n) is 4.22. The molecule has 1 nitrogen and oxygen atoms in total. The van der Waals surface area contributed by atoms with Crippen molar-refractivity contribution < 1.29 is 4.74 Å². The summed E-state index contributed by atoms with van der Waals surface area (Å²) in [6.07, 6.45) is 1.94. The molecular weight excluding hydrogens is 184 g/mol. The molecule has 0 amide bonds. The van der Waals surface area contributed by atoms with E-state index in [2.05, 4.69) is 0 Å². The summed E-state index contributed by atoms with van der Waals surface area (Å²) in [6, 6.07) is 7.66. The molecule has 0 fully saturated rings. The molecule has 0 unspecified atom stereocenters. The molecular formula is C11H13ClO. The van der Waals surface area contributed by atoms with Crippen molar-refractivity contribution in [3.8, 4) is 0 Å². The van der Waals surface area contributed by atoms with Crippen molar-refractivity contribution in [3.63, 3.8) is 0 Å². The van der Waals surface area contributed by atoms with Crippen LogP contribution in [0.5, 0.6) is 0 Å². The second-order valence-electron chi connectivity index (χ2n) is 2.81. The smallest absolute Gasteiger partial charge is 0.113 e. The van der Waals surface area contributed by atoms with Gasteiger partial charge in [-0.25, -0.2) is 0 Å². The van der Waals surface area contributed by atoms with Crippen molar-refractivity contribution in [2.24, 2.45) is 0 Å². The highest BCUT2D eigenvalue weighted by molar-refractivity contribution is 6.30. The van der Waals surface area contributed by atoms with Crippen LogP contribution in [0.4, 0.5) is 0 Å².